The molecule has 0 spiro atoms. The van der Waals surface area contributed by atoms with Crippen LogP contribution in [0.25, 0.3) is 0 Å². The maximum absolute atomic E-state index is 10.5. The van der Waals surface area contributed by atoms with Crippen molar-refractivity contribution in [3.05, 3.63) is 0 Å². The summed E-state index contributed by atoms with van der Waals surface area (Å²) < 4.78 is 1.89. The largest absolute Gasteiger partial charge is 0.481 e. The van der Waals surface area contributed by atoms with Crippen molar-refractivity contribution in [2.24, 2.45) is 7.05 Å². The van der Waals surface area contributed by atoms with Gasteiger partial charge in [0.1, 0.15) is 0 Å². The van der Waals surface area contributed by atoms with Gasteiger partial charge in [0.15, 0.2) is 5.16 Å². The van der Waals surface area contributed by atoms with Crippen molar-refractivity contribution in [3.8, 4) is 0 Å². The summed E-state index contributed by atoms with van der Waals surface area (Å²) in [7, 11) is 1.89. The number of thioether (sulfide) groups is 1. The van der Waals surface area contributed by atoms with E-state index >= 15 is 0 Å². The Labute approximate surface area is 110 Å². The molecule has 6 nitrogen and oxygen atoms in total. The summed E-state index contributed by atoms with van der Waals surface area (Å²) in [5.41, 5.74) is 0. The fraction of sp³-hybridized carbons (Fsp3) is 0.727. The lowest BCUT2D eigenvalue weighted by Gasteiger charge is -2.20. The number of carboxylic acids is 1. The van der Waals surface area contributed by atoms with Gasteiger partial charge >= 0.3 is 5.97 Å². The Balaban J connectivity index is 2.06. The summed E-state index contributed by atoms with van der Waals surface area (Å²) in [6.45, 7) is 2.02. The standard InChI is InChI=1S/C11H18N4O2S/c1-14-10(15-6-4-2-3-5-7-15)12-13-11(14)18-8-9(16)17/h2-8H2,1H3,(H,16,17). The van der Waals surface area contributed by atoms with Gasteiger partial charge in [0, 0.05) is 20.1 Å². The van der Waals surface area contributed by atoms with Gasteiger partial charge < -0.3 is 10.0 Å². The van der Waals surface area contributed by atoms with Crippen molar-refractivity contribution in [1.82, 2.24) is 14.8 Å². The number of hydrogen-bond acceptors (Lipinski definition) is 5. The Morgan fingerprint density at radius 1 is 1.28 bits per heavy atom. The van der Waals surface area contributed by atoms with Crippen molar-refractivity contribution in [2.75, 3.05) is 23.7 Å². The molecule has 2 rings (SSSR count). The third kappa shape index (κ3) is 3.16. The number of anilines is 1. The molecule has 0 radical (unpaired) electrons. The Morgan fingerprint density at radius 3 is 2.56 bits per heavy atom. The van der Waals surface area contributed by atoms with Gasteiger partial charge in [0.05, 0.1) is 5.75 Å². The van der Waals surface area contributed by atoms with E-state index in [1.807, 2.05) is 11.6 Å². The van der Waals surface area contributed by atoms with Crippen molar-refractivity contribution >= 4 is 23.7 Å². The second kappa shape index (κ2) is 6.08. The molecule has 1 N–H and O–H groups in total. The van der Waals surface area contributed by atoms with E-state index in [1.165, 1.54) is 37.4 Å². The van der Waals surface area contributed by atoms with Gasteiger partial charge in [0.25, 0.3) is 0 Å². The lowest BCUT2D eigenvalue weighted by Crippen LogP contribution is -2.26. The van der Waals surface area contributed by atoms with Gasteiger partial charge in [-0.1, -0.05) is 24.6 Å². The molecule has 0 aromatic carbocycles. The van der Waals surface area contributed by atoms with E-state index in [0.29, 0.717) is 5.16 Å². The number of carbonyl (C=O) groups is 1. The van der Waals surface area contributed by atoms with E-state index in [4.69, 9.17) is 5.11 Å². The average molecular weight is 270 g/mol. The molecule has 1 aromatic rings. The highest BCUT2D eigenvalue weighted by atomic mass is 32.2. The van der Waals surface area contributed by atoms with Gasteiger partial charge in [-0.3, -0.25) is 9.36 Å². The van der Waals surface area contributed by atoms with Crippen molar-refractivity contribution < 1.29 is 9.90 Å². The third-order valence-electron chi connectivity index (χ3n) is 3.03. The van der Waals surface area contributed by atoms with Crippen LogP contribution in [-0.2, 0) is 11.8 Å². The molecule has 0 unspecified atom stereocenters. The second-order valence-electron chi connectivity index (χ2n) is 4.43. The summed E-state index contributed by atoms with van der Waals surface area (Å²) in [6.07, 6.45) is 4.92. The molecule has 2 heterocycles. The number of rotatable bonds is 4. The summed E-state index contributed by atoms with van der Waals surface area (Å²) in [5.74, 6) is 0.0375. The van der Waals surface area contributed by atoms with Gasteiger partial charge in [-0.05, 0) is 12.8 Å². The zero-order valence-corrected chi connectivity index (χ0v) is 11.3. The molecule has 0 bridgehead atoms. The first-order chi connectivity index (χ1) is 8.68. The zero-order chi connectivity index (χ0) is 13.0. The molecule has 0 aliphatic carbocycles. The quantitative estimate of drug-likeness (QED) is 0.833. The fourth-order valence-electron chi connectivity index (χ4n) is 2.11. The van der Waals surface area contributed by atoms with Gasteiger partial charge in [0.2, 0.25) is 5.95 Å². The topological polar surface area (TPSA) is 71.2 Å². The number of aliphatic carboxylic acids is 1. The van der Waals surface area contributed by atoms with Crippen LogP contribution in [0.3, 0.4) is 0 Å². The Hall–Kier alpha value is -1.24. The monoisotopic (exact) mass is 270 g/mol. The van der Waals surface area contributed by atoms with E-state index in [0.717, 1.165) is 19.0 Å². The van der Waals surface area contributed by atoms with Crippen LogP contribution in [0.15, 0.2) is 5.16 Å². The molecule has 0 atom stereocenters. The highest BCUT2D eigenvalue weighted by Crippen LogP contribution is 2.22. The number of carboxylic acid groups (broad SMARTS) is 1. The molecular formula is C11H18N4O2S. The molecule has 0 amide bonds. The molecule has 1 saturated heterocycles. The first kappa shape index (κ1) is 13.2. The number of nitrogens with zero attached hydrogens (tertiary/aromatic N) is 4. The van der Waals surface area contributed by atoms with Crippen LogP contribution in [0.5, 0.6) is 0 Å². The minimum atomic E-state index is -0.834. The van der Waals surface area contributed by atoms with Gasteiger partial charge in [-0.25, -0.2) is 0 Å². The number of aromatic nitrogens is 3. The van der Waals surface area contributed by atoms with E-state index < -0.39 is 5.97 Å². The van der Waals surface area contributed by atoms with Crippen molar-refractivity contribution in [2.45, 2.75) is 30.8 Å². The molecular weight excluding hydrogens is 252 g/mol. The predicted molar refractivity (Wildman–Crippen MR) is 70.0 cm³/mol. The van der Waals surface area contributed by atoms with Crippen LogP contribution in [0.4, 0.5) is 5.95 Å². The van der Waals surface area contributed by atoms with Crippen LogP contribution in [0.1, 0.15) is 25.7 Å². The third-order valence-corrected chi connectivity index (χ3v) is 4.03. The summed E-state index contributed by atoms with van der Waals surface area (Å²) in [6, 6.07) is 0. The molecule has 100 valence electrons. The summed E-state index contributed by atoms with van der Waals surface area (Å²) >= 11 is 1.21. The molecule has 1 fully saturated rings. The van der Waals surface area contributed by atoms with E-state index in [9.17, 15) is 4.79 Å². The molecule has 1 aliphatic rings. The minimum Gasteiger partial charge on any atom is -0.481 e. The van der Waals surface area contributed by atoms with E-state index in [-0.39, 0.29) is 5.75 Å². The smallest absolute Gasteiger partial charge is 0.313 e. The fourth-order valence-corrected chi connectivity index (χ4v) is 2.73. The molecule has 18 heavy (non-hydrogen) atoms. The maximum atomic E-state index is 10.5. The average Bonchev–Trinajstić information content (AvgIpc) is 2.56. The molecule has 0 saturated carbocycles. The van der Waals surface area contributed by atoms with Crippen LogP contribution >= 0.6 is 11.8 Å². The zero-order valence-electron chi connectivity index (χ0n) is 10.5. The van der Waals surface area contributed by atoms with E-state index in [2.05, 4.69) is 15.1 Å². The van der Waals surface area contributed by atoms with Crippen LogP contribution in [-0.4, -0.2) is 44.7 Å². The first-order valence-corrected chi connectivity index (χ1v) is 7.16. The summed E-state index contributed by atoms with van der Waals surface area (Å²) in [4.78, 5) is 12.8. The lowest BCUT2D eigenvalue weighted by atomic mass is 10.2. The van der Waals surface area contributed by atoms with Crippen molar-refractivity contribution in [1.29, 1.82) is 0 Å². The summed E-state index contributed by atoms with van der Waals surface area (Å²) in [5, 5.41) is 17.6. The normalized spacial score (nSPS) is 16.6. The minimum absolute atomic E-state index is 0.0198. The molecule has 7 heteroatoms. The van der Waals surface area contributed by atoms with E-state index in [1.54, 1.807) is 0 Å². The molecule has 1 aromatic heterocycles. The second-order valence-corrected chi connectivity index (χ2v) is 5.37. The van der Waals surface area contributed by atoms with Gasteiger partial charge in [-0.2, -0.15) is 0 Å². The SMILES string of the molecule is Cn1c(SCC(=O)O)nnc1N1CCCCCC1. The molecule has 1 aliphatic heterocycles. The Kier molecular flexibility index (Phi) is 4.46. The lowest BCUT2D eigenvalue weighted by molar-refractivity contribution is -0.133. The Bertz CT molecular complexity index is 413. The highest BCUT2D eigenvalue weighted by Gasteiger charge is 2.17. The van der Waals surface area contributed by atoms with Crippen LogP contribution in [0.2, 0.25) is 0 Å². The first-order valence-electron chi connectivity index (χ1n) is 6.17. The van der Waals surface area contributed by atoms with Crippen LogP contribution in [0, 0.1) is 0 Å². The number of hydrogen-bond donors (Lipinski definition) is 1. The predicted octanol–water partition coefficient (Wildman–Crippen LogP) is 1.37. The highest BCUT2D eigenvalue weighted by molar-refractivity contribution is 7.99. The van der Waals surface area contributed by atoms with Gasteiger partial charge in [-0.15, -0.1) is 10.2 Å². The Morgan fingerprint density at radius 2 is 1.94 bits per heavy atom. The maximum Gasteiger partial charge on any atom is 0.313 e. The van der Waals surface area contributed by atoms with Crippen LogP contribution < -0.4 is 4.90 Å². The van der Waals surface area contributed by atoms with Crippen molar-refractivity contribution in [3.63, 3.8) is 0 Å².